The first-order valence-corrected chi connectivity index (χ1v) is 7.97. The lowest BCUT2D eigenvalue weighted by molar-refractivity contribution is -0.139. The quantitative estimate of drug-likeness (QED) is 0.237. The van der Waals surface area contributed by atoms with Gasteiger partial charge in [-0.1, -0.05) is 61.9 Å². The van der Waals surface area contributed by atoms with Crippen molar-refractivity contribution >= 4 is 18.4 Å². The fraction of sp³-hybridized carbons (Fsp3) is 0.200. The third kappa shape index (κ3) is 6.08. The summed E-state index contributed by atoms with van der Waals surface area (Å²) < 4.78 is 10.7. The molecule has 0 aliphatic heterocycles. The van der Waals surface area contributed by atoms with Crippen LogP contribution in [0.3, 0.4) is 0 Å². The molecule has 4 nitrogen and oxygen atoms in total. The molecule has 0 bridgehead atoms. The maximum Gasteiger partial charge on any atom is 0.357 e. The van der Waals surface area contributed by atoms with Gasteiger partial charge in [0.25, 0.3) is 0 Å². The van der Waals surface area contributed by atoms with Gasteiger partial charge < -0.3 is 9.47 Å². The summed E-state index contributed by atoms with van der Waals surface area (Å²) in [6.45, 7) is 2.43. The standard InChI is InChI=1S/C20H21NO3/c1-2-3-14-23-20(22)19(15-17-10-6-4-7-11-17)21-16-24-18-12-8-5-9-13-18/h4-13,15-16H,2-3,14H2,1H3. The molecule has 0 unspecified atom stereocenters. The van der Waals surface area contributed by atoms with Gasteiger partial charge in [0.15, 0.2) is 12.1 Å². The maximum absolute atomic E-state index is 12.2. The van der Waals surface area contributed by atoms with Gasteiger partial charge in [0.05, 0.1) is 6.61 Å². The molecule has 0 N–H and O–H groups in total. The van der Waals surface area contributed by atoms with Crippen LogP contribution in [0.5, 0.6) is 5.75 Å². The molecule has 2 rings (SSSR count). The number of unbranched alkanes of at least 4 members (excludes halogenated alkanes) is 1. The van der Waals surface area contributed by atoms with Crippen molar-refractivity contribution in [2.75, 3.05) is 6.61 Å². The number of nitrogens with zero attached hydrogens (tertiary/aromatic N) is 1. The van der Waals surface area contributed by atoms with Crippen molar-refractivity contribution in [3.05, 3.63) is 71.9 Å². The Hall–Kier alpha value is -2.88. The van der Waals surface area contributed by atoms with Crippen molar-refractivity contribution in [1.29, 1.82) is 0 Å². The first-order valence-electron chi connectivity index (χ1n) is 7.97. The number of rotatable bonds is 8. The minimum absolute atomic E-state index is 0.202. The van der Waals surface area contributed by atoms with Gasteiger partial charge in [-0.2, -0.15) is 0 Å². The lowest BCUT2D eigenvalue weighted by Crippen LogP contribution is -2.08. The summed E-state index contributed by atoms with van der Waals surface area (Å²) in [6, 6.07) is 18.8. The van der Waals surface area contributed by atoms with E-state index in [9.17, 15) is 4.79 Å². The van der Waals surface area contributed by atoms with Crippen molar-refractivity contribution in [2.45, 2.75) is 19.8 Å². The van der Waals surface area contributed by atoms with Gasteiger partial charge in [-0.25, -0.2) is 9.79 Å². The van der Waals surface area contributed by atoms with E-state index < -0.39 is 5.97 Å². The monoisotopic (exact) mass is 323 g/mol. The average molecular weight is 323 g/mol. The van der Waals surface area contributed by atoms with Crippen molar-refractivity contribution in [3.63, 3.8) is 0 Å². The molecule has 0 aromatic heterocycles. The van der Waals surface area contributed by atoms with E-state index in [1.165, 1.54) is 6.40 Å². The zero-order valence-electron chi connectivity index (χ0n) is 13.7. The van der Waals surface area contributed by atoms with Gasteiger partial charge in [-0.3, -0.25) is 0 Å². The van der Waals surface area contributed by atoms with Crippen molar-refractivity contribution in [2.24, 2.45) is 4.99 Å². The van der Waals surface area contributed by atoms with Gasteiger partial charge in [-0.15, -0.1) is 0 Å². The Kier molecular flexibility index (Phi) is 7.28. The van der Waals surface area contributed by atoms with Crippen LogP contribution < -0.4 is 4.74 Å². The summed E-state index contributed by atoms with van der Waals surface area (Å²) in [6.07, 6.45) is 4.73. The van der Waals surface area contributed by atoms with E-state index in [1.54, 1.807) is 6.08 Å². The zero-order chi connectivity index (χ0) is 17.0. The Balaban J connectivity index is 2.10. The summed E-state index contributed by atoms with van der Waals surface area (Å²) in [5.74, 6) is 0.194. The molecule has 0 saturated carbocycles. The number of aliphatic imine (C=N–C) groups is 1. The van der Waals surface area contributed by atoms with Gasteiger partial charge in [-0.05, 0) is 30.2 Å². The summed E-state index contributed by atoms with van der Waals surface area (Å²) in [4.78, 5) is 16.3. The molecule has 0 fully saturated rings. The van der Waals surface area contributed by atoms with Crippen LogP contribution >= 0.6 is 0 Å². The van der Waals surface area contributed by atoms with E-state index in [1.807, 2.05) is 67.6 Å². The van der Waals surface area contributed by atoms with Crippen LogP contribution in [0.1, 0.15) is 25.3 Å². The normalized spacial score (nSPS) is 11.5. The van der Waals surface area contributed by atoms with Crippen LogP contribution in [0, 0.1) is 0 Å². The van der Waals surface area contributed by atoms with Crippen molar-refractivity contribution in [1.82, 2.24) is 0 Å². The van der Waals surface area contributed by atoms with Gasteiger partial charge in [0, 0.05) is 0 Å². The van der Waals surface area contributed by atoms with E-state index in [0.29, 0.717) is 12.4 Å². The first-order chi connectivity index (χ1) is 11.8. The first kappa shape index (κ1) is 17.5. The lowest BCUT2D eigenvalue weighted by Gasteiger charge is -2.05. The molecular formula is C20H21NO3. The van der Waals surface area contributed by atoms with E-state index in [4.69, 9.17) is 9.47 Å². The number of hydrogen-bond acceptors (Lipinski definition) is 4. The smallest absolute Gasteiger partial charge is 0.357 e. The zero-order valence-corrected chi connectivity index (χ0v) is 13.7. The summed E-state index contributed by atoms with van der Waals surface area (Å²) in [5, 5.41) is 0. The highest BCUT2D eigenvalue weighted by molar-refractivity contribution is 5.94. The molecule has 4 heteroatoms. The van der Waals surface area contributed by atoms with Gasteiger partial charge in [0.2, 0.25) is 0 Å². The predicted octanol–water partition coefficient (Wildman–Crippen LogP) is 4.48. The molecular weight excluding hydrogens is 302 g/mol. The maximum atomic E-state index is 12.2. The Bertz CT molecular complexity index is 679. The lowest BCUT2D eigenvalue weighted by atomic mass is 10.2. The number of benzene rings is 2. The number of hydrogen-bond donors (Lipinski definition) is 0. The molecule has 2 aromatic carbocycles. The second-order valence-corrected chi connectivity index (χ2v) is 5.10. The molecule has 0 amide bonds. The highest BCUT2D eigenvalue weighted by atomic mass is 16.5. The minimum atomic E-state index is -0.458. The largest absolute Gasteiger partial charge is 0.461 e. The predicted molar refractivity (Wildman–Crippen MR) is 95.8 cm³/mol. The highest BCUT2D eigenvalue weighted by Crippen LogP contribution is 2.11. The molecule has 24 heavy (non-hydrogen) atoms. The number of para-hydroxylation sites is 1. The molecule has 124 valence electrons. The van der Waals surface area contributed by atoms with Crippen LogP contribution in [-0.2, 0) is 9.53 Å². The van der Waals surface area contributed by atoms with Crippen LogP contribution in [0.15, 0.2) is 71.4 Å². The van der Waals surface area contributed by atoms with Crippen molar-refractivity contribution in [3.8, 4) is 5.75 Å². The number of carbonyl (C=O) groups excluding carboxylic acids is 1. The highest BCUT2D eigenvalue weighted by Gasteiger charge is 2.10. The molecule has 0 aliphatic rings. The van der Waals surface area contributed by atoms with E-state index in [2.05, 4.69) is 4.99 Å². The molecule has 2 aromatic rings. The Morgan fingerprint density at radius 3 is 2.38 bits per heavy atom. The third-order valence-electron chi connectivity index (χ3n) is 3.17. The second kappa shape index (κ2) is 10.0. The van der Waals surface area contributed by atoms with Crippen LogP contribution in [0.4, 0.5) is 0 Å². The minimum Gasteiger partial charge on any atom is -0.461 e. The fourth-order valence-electron chi connectivity index (χ4n) is 1.88. The fourth-order valence-corrected chi connectivity index (χ4v) is 1.88. The Morgan fingerprint density at radius 1 is 1.04 bits per heavy atom. The average Bonchev–Trinajstić information content (AvgIpc) is 2.63. The van der Waals surface area contributed by atoms with Crippen molar-refractivity contribution < 1.29 is 14.3 Å². The molecule has 0 radical (unpaired) electrons. The van der Waals surface area contributed by atoms with E-state index in [-0.39, 0.29) is 5.70 Å². The number of carbonyl (C=O) groups is 1. The van der Waals surface area contributed by atoms with Gasteiger partial charge >= 0.3 is 5.97 Å². The SMILES string of the molecule is CCCCOC(=O)C(=Cc1ccccc1)N=COc1ccccc1. The second-order valence-electron chi connectivity index (χ2n) is 5.10. The van der Waals surface area contributed by atoms with Gasteiger partial charge in [0.1, 0.15) is 5.75 Å². The summed E-state index contributed by atoms with van der Waals surface area (Å²) in [5.41, 5.74) is 1.07. The molecule has 0 aliphatic carbocycles. The van der Waals surface area contributed by atoms with E-state index >= 15 is 0 Å². The molecule has 0 spiro atoms. The summed E-state index contributed by atoms with van der Waals surface area (Å²) >= 11 is 0. The number of ether oxygens (including phenoxy) is 2. The topological polar surface area (TPSA) is 47.9 Å². The Morgan fingerprint density at radius 2 is 1.71 bits per heavy atom. The molecule has 0 heterocycles. The molecule has 0 atom stereocenters. The van der Waals surface area contributed by atoms with E-state index in [0.717, 1.165) is 18.4 Å². The van der Waals surface area contributed by atoms with Crippen LogP contribution in [-0.4, -0.2) is 19.0 Å². The van der Waals surface area contributed by atoms with Crippen LogP contribution in [0.2, 0.25) is 0 Å². The third-order valence-corrected chi connectivity index (χ3v) is 3.17. The summed E-state index contributed by atoms with van der Waals surface area (Å²) in [7, 11) is 0. The Labute approximate surface area is 142 Å². The molecule has 0 saturated heterocycles. The number of esters is 1. The van der Waals surface area contributed by atoms with Crippen LogP contribution in [0.25, 0.3) is 6.08 Å².